The summed E-state index contributed by atoms with van der Waals surface area (Å²) in [4.78, 5) is 0.160. The van der Waals surface area contributed by atoms with Gasteiger partial charge >= 0.3 is 0 Å². The highest BCUT2D eigenvalue weighted by molar-refractivity contribution is 7.89. The van der Waals surface area contributed by atoms with Crippen LogP contribution < -0.4 is 4.72 Å². The first-order valence-corrected chi connectivity index (χ1v) is 7.69. The molecule has 2 aromatic rings. The molecule has 0 aliphatic heterocycles. The predicted molar refractivity (Wildman–Crippen MR) is 74.5 cm³/mol. The Kier molecular flexibility index (Phi) is 4.53. The molecule has 0 aliphatic rings. The fraction of sp³-hybridized carbons (Fsp3) is 0.308. The largest absolute Gasteiger partial charge is 0.392 e. The maximum Gasteiger partial charge on any atom is 0.240 e. The van der Waals surface area contributed by atoms with E-state index in [2.05, 4.69) is 9.82 Å². The number of benzene rings is 1. The molecule has 0 spiro atoms. The molecule has 2 rings (SSSR count). The van der Waals surface area contributed by atoms with Crippen molar-refractivity contribution in [3.05, 3.63) is 47.8 Å². The zero-order valence-corrected chi connectivity index (χ0v) is 12.0. The fourth-order valence-electron chi connectivity index (χ4n) is 1.80. The summed E-state index contributed by atoms with van der Waals surface area (Å²) in [5.41, 5.74) is 1.47. The van der Waals surface area contributed by atoms with Crippen molar-refractivity contribution < 1.29 is 13.5 Å². The van der Waals surface area contributed by atoms with E-state index < -0.39 is 10.0 Å². The third kappa shape index (κ3) is 3.44. The molecule has 0 unspecified atom stereocenters. The van der Waals surface area contributed by atoms with Gasteiger partial charge in [0.1, 0.15) is 0 Å². The second-order valence-corrected chi connectivity index (χ2v) is 6.18. The maximum absolute atomic E-state index is 12.1. The number of aromatic nitrogens is 2. The van der Waals surface area contributed by atoms with E-state index in [1.807, 2.05) is 6.92 Å². The molecular weight excluding hydrogens is 278 g/mol. The maximum atomic E-state index is 12.1. The fourth-order valence-corrected chi connectivity index (χ4v) is 2.87. The van der Waals surface area contributed by atoms with Gasteiger partial charge in [-0.1, -0.05) is 6.07 Å². The Morgan fingerprint density at radius 3 is 2.85 bits per heavy atom. The summed E-state index contributed by atoms with van der Waals surface area (Å²) < 4.78 is 28.4. The molecule has 0 saturated carbocycles. The van der Waals surface area contributed by atoms with Crippen LogP contribution in [0.3, 0.4) is 0 Å². The topological polar surface area (TPSA) is 84.2 Å². The number of hydrogen-bond acceptors (Lipinski definition) is 4. The van der Waals surface area contributed by atoms with E-state index in [0.29, 0.717) is 12.1 Å². The van der Waals surface area contributed by atoms with Gasteiger partial charge in [0.2, 0.25) is 10.0 Å². The van der Waals surface area contributed by atoms with Crippen molar-refractivity contribution in [2.75, 3.05) is 6.54 Å². The number of nitrogens with one attached hydrogen (secondary N) is 1. The summed E-state index contributed by atoms with van der Waals surface area (Å²) >= 11 is 0. The summed E-state index contributed by atoms with van der Waals surface area (Å²) in [5, 5.41) is 13.2. The lowest BCUT2D eigenvalue weighted by Crippen LogP contribution is -2.27. The van der Waals surface area contributed by atoms with E-state index in [1.54, 1.807) is 29.2 Å². The van der Waals surface area contributed by atoms with Crippen LogP contribution in [0.1, 0.15) is 11.1 Å². The van der Waals surface area contributed by atoms with Gasteiger partial charge in [0, 0.05) is 18.9 Å². The first-order valence-electron chi connectivity index (χ1n) is 6.20. The molecule has 0 bridgehead atoms. The lowest BCUT2D eigenvalue weighted by Gasteiger charge is -2.09. The van der Waals surface area contributed by atoms with E-state index in [4.69, 9.17) is 0 Å². The Morgan fingerprint density at radius 1 is 1.40 bits per heavy atom. The normalized spacial score (nSPS) is 11.7. The van der Waals surface area contributed by atoms with Crippen LogP contribution in [0.15, 0.2) is 41.6 Å². The zero-order chi connectivity index (χ0) is 14.6. The van der Waals surface area contributed by atoms with Gasteiger partial charge in [0.05, 0.1) is 18.0 Å². The highest BCUT2D eigenvalue weighted by Gasteiger charge is 2.14. The molecule has 20 heavy (non-hydrogen) atoms. The van der Waals surface area contributed by atoms with Crippen LogP contribution in [0, 0.1) is 6.92 Å². The monoisotopic (exact) mass is 295 g/mol. The number of hydrogen-bond donors (Lipinski definition) is 2. The molecule has 0 saturated heterocycles. The number of sulfonamides is 1. The van der Waals surface area contributed by atoms with Gasteiger partial charge in [-0.25, -0.2) is 13.1 Å². The third-order valence-corrected chi connectivity index (χ3v) is 4.45. The Bertz CT molecular complexity index is 666. The van der Waals surface area contributed by atoms with E-state index in [9.17, 15) is 13.5 Å². The van der Waals surface area contributed by atoms with E-state index in [-0.39, 0.29) is 18.0 Å². The molecule has 1 heterocycles. The minimum absolute atomic E-state index is 0.160. The second kappa shape index (κ2) is 6.17. The SMILES string of the molecule is Cc1ccc(S(=O)(=O)NCCn2cccn2)cc1CO. The van der Waals surface area contributed by atoms with Gasteiger partial charge < -0.3 is 5.11 Å². The minimum atomic E-state index is -3.57. The van der Waals surface area contributed by atoms with E-state index in [1.165, 1.54) is 12.1 Å². The van der Waals surface area contributed by atoms with Crippen molar-refractivity contribution >= 4 is 10.0 Å². The van der Waals surface area contributed by atoms with Gasteiger partial charge in [-0.15, -0.1) is 0 Å². The number of aryl methyl sites for hydroxylation is 1. The van der Waals surface area contributed by atoms with Gasteiger partial charge in [-0.05, 0) is 36.2 Å². The first-order chi connectivity index (χ1) is 9.53. The van der Waals surface area contributed by atoms with Crippen LogP contribution in [0.2, 0.25) is 0 Å². The Balaban J connectivity index is 2.06. The standard InChI is InChI=1S/C13H17N3O3S/c1-11-3-4-13(9-12(11)10-17)20(18,19)15-6-8-16-7-2-5-14-16/h2-5,7,9,15,17H,6,8,10H2,1H3. The quantitative estimate of drug-likeness (QED) is 0.820. The summed E-state index contributed by atoms with van der Waals surface area (Å²) in [6.45, 7) is 2.37. The van der Waals surface area contributed by atoms with Crippen molar-refractivity contribution in [1.82, 2.24) is 14.5 Å². The third-order valence-electron chi connectivity index (χ3n) is 2.99. The molecule has 1 aromatic carbocycles. The van der Waals surface area contributed by atoms with Crippen LogP contribution in [0.25, 0.3) is 0 Å². The van der Waals surface area contributed by atoms with Crippen molar-refractivity contribution in [3.63, 3.8) is 0 Å². The van der Waals surface area contributed by atoms with Crippen molar-refractivity contribution in [1.29, 1.82) is 0 Å². The van der Waals surface area contributed by atoms with Gasteiger partial charge in [-0.3, -0.25) is 4.68 Å². The molecule has 0 aliphatic carbocycles. The van der Waals surface area contributed by atoms with Gasteiger partial charge in [-0.2, -0.15) is 5.10 Å². The molecular formula is C13H17N3O3S. The van der Waals surface area contributed by atoms with Crippen LogP contribution in [-0.2, 0) is 23.2 Å². The van der Waals surface area contributed by atoms with Gasteiger partial charge in [0.15, 0.2) is 0 Å². The van der Waals surface area contributed by atoms with Crippen LogP contribution in [0.4, 0.5) is 0 Å². The molecule has 1 aromatic heterocycles. The second-order valence-electron chi connectivity index (χ2n) is 4.41. The summed E-state index contributed by atoms with van der Waals surface area (Å²) in [5.74, 6) is 0. The van der Waals surface area contributed by atoms with Crippen molar-refractivity contribution in [3.8, 4) is 0 Å². The van der Waals surface area contributed by atoms with Gasteiger partial charge in [0.25, 0.3) is 0 Å². The smallest absolute Gasteiger partial charge is 0.240 e. The molecule has 0 atom stereocenters. The highest BCUT2D eigenvalue weighted by Crippen LogP contribution is 2.15. The Hall–Kier alpha value is -1.70. The Morgan fingerprint density at radius 2 is 2.20 bits per heavy atom. The first kappa shape index (κ1) is 14.7. The number of aliphatic hydroxyl groups excluding tert-OH is 1. The van der Waals surface area contributed by atoms with Crippen molar-refractivity contribution in [2.24, 2.45) is 0 Å². The lowest BCUT2D eigenvalue weighted by atomic mass is 10.1. The highest BCUT2D eigenvalue weighted by atomic mass is 32.2. The average Bonchev–Trinajstić information content (AvgIpc) is 2.92. The molecule has 6 nitrogen and oxygen atoms in total. The Labute approximate surface area is 118 Å². The number of rotatable bonds is 6. The molecule has 0 amide bonds. The number of aliphatic hydroxyl groups is 1. The summed E-state index contributed by atoms with van der Waals surface area (Å²) in [6, 6.07) is 6.49. The van der Waals surface area contributed by atoms with Crippen molar-refractivity contribution in [2.45, 2.75) is 25.0 Å². The van der Waals surface area contributed by atoms with Crippen LogP contribution >= 0.6 is 0 Å². The zero-order valence-electron chi connectivity index (χ0n) is 11.2. The summed E-state index contributed by atoms with van der Waals surface area (Å²) in [6.07, 6.45) is 3.41. The summed E-state index contributed by atoms with van der Waals surface area (Å²) in [7, 11) is -3.57. The van der Waals surface area contributed by atoms with Crippen LogP contribution in [-0.4, -0.2) is 29.8 Å². The molecule has 108 valence electrons. The molecule has 0 fully saturated rings. The molecule has 7 heteroatoms. The average molecular weight is 295 g/mol. The van der Waals surface area contributed by atoms with E-state index in [0.717, 1.165) is 5.56 Å². The van der Waals surface area contributed by atoms with E-state index >= 15 is 0 Å². The van der Waals surface area contributed by atoms with Crippen LogP contribution in [0.5, 0.6) is 0 Å². The lowest BCUT2D eigenvalue weighted by molar-refractivity contribution is 0.280. The minimum Gasteiger partial charge on any atom is -0.392 e. The predicted octanol–water partition coefficient (Wildman–Crippen LogP) is 0.662. The number of nitrogens with zero attached hydrogens (tertiary/aromatic N) is 2. The molecule has 0 radical (unpaired) electrons. The molecule has 2 N–H and O–H groups in total.